The lowest BCUT2D eigenvalue weighted by Gasteiger charge is -2.20. The summed E-state index contributed by atoms with van der Waals surface area (Å²) in [6.45, 7) is 7.42. The zero-order valence-electron chi connectivity index (χ0n) is 12.4. The third-order valence-corrected chi connectivity index (χ3v) is 2.98. The third-order valence-electron chi connectivity index (χ3n) is 2.98. The highest BCUT2D eigenvalue weighted by Gasteiger charge is 2.17. The minimum atomic E-state index is 0.567. The van der Waals surface area contributed by atoms with Crippen LogP contribution in [0.5, 0.6) is 17.2 Å². The molecule has 0 atom stereocenters. The van der Waals surface area contributed by atoms with E-state index in [1.54, 1.807) is 7.11 Å². The number of hydrogen-bond acceptors (Lipinski definition) is 4. The Bertz CT molecular complexity index is 452. The first-order chi connectivity index (χ1) is 9.70. The van der Waals surface area contributed by atoms with Crippen molar-refractivity contribution < 1.29 is 14.2 Å². The summed E-state index contributed by atoms with van der Waals surface area (Å²) in [7, 11) is 1.64. The first kappa shape index (κ1) is 14.7. The molecule has 0 aliphatic carbocycles. The van der Waals surface area contributed by atoms with E-state index in [1.807, 2.05) is 12.1 Å². The molecule has 1 N–H and O–H groups in total. The van der Waals surface area contributed by atoms with Crippen molar-refractivity contribution in [2.75, 3.05) is 33.4 Å². The number of ether oxygens (including phenoxy) is 3. The van der Waals surface area contributed by atoms with Gasteiger partial charge in [-0.3, -0.25) is 0 Å². The van der Waals surface area contributed by atoms with Crippen LogP contribution in [0.3, 0.4) is 0 Å². The Kier molecular flexibility index (Phi) is 5.30. The fourth-order valence-corrected chi connectivity index (χ4v) is 2.04. The average Bonchev–Trinajstić information content (AvgIpc) is 2.45. The Morgan fingerprint density at radius 2 is 2.10 bits per heavy atom. The van der Waals surface area contributed by atoms with Crippen LogP contribution < -0.4 is 19.5 Å². The van der Waals surface area contributed by atoms with Crippen molar-refractivity contribution in [3.63, 3.8) is 0 Å². The summed E-state index contributed by atoms with van der Waals surface area (Å²) in [6, 6.07) is 3.95. The number of hydrogen-bond donors (Lipinski definition) is 1. The lowest BCUT2D eigenvalue weighted by Crippen LogP contribution is -2.19. The summed E-state index contributed by atoms with van der Waals surface area (Å²) in [4.78, 5) is 0. The zero-order valence-corrected chi connectivity index (χ0v) is 12.4. The molecule has 1 aromatic rings. The zero-order chi connectivity index (χ0) is 14.4. The van der Waals surface area contributed by atoms with Crippen LogP contribution >= 0.6 is 0 Å². The molecule has 0 radical (unpaired) electrons. The quantitative estimate of drug-likeness (QED) is 0.812. The molecule has 1 aliphatic rings. The Morgan fingerprint density at radius 3 is 2.85 bits per heavy atom. The van der Waals surface area contributed by atoms with Crippen LogP contribution in [0.4, 0.5) is 0 Å². The third kappa shape index (κ3) is 3.90. The van der Waals surface area contributed by atoms with Gasteiger partial charge in [0.1, 0.15) is 13.2 Å². The summed E-state index contributed by atoms with van der Waals surface area (Å²) >= 11 is 0. The molecule has 0 fully saturated rings. The lowest BCUT2D eigenvalue weighted by molar-refractivity contribution is 0.165. The van der Waals surface area contributed by atoms with Crippen molar-refractivity contribution in [1.29, 1.82) is 0 Å². The second-order valence-electron chi connectivity index (χ2n) is 5.20. The SMILES string of the molecule is COc1cc(C=CCNCC(C)C)cc2c1OCCO2. The first-order valence-corrected chi connectivity index (χ1v) is 7.05. The standard InChI is InChI=1S/C16H23NO3/c1-12(2)11-17-6-4-5-13-9-14(18-3)16-15(10-13)19-7-8-20-16/h4-5,9-10,12,17H,6-8,11H2,1-3H3. The van der Waals surface area contributed by atoms with E-state index in [4.69, 9.17) is 14.2 Å². The summed E-state index contributed by atoms with van der Waals surface area (Å²) < 4.78 is 16.6. The normalized spacial score (nSPS) is 14.0. The fourth-order valence-electron chi connectivity index (χ4n) is 2.04. The Balaban J connectivity index is 2.03. The topological polar surface area (TPSA) is 39.7 Å². The van der Waals surface area contributed by atoms with Crippen molar-refractivity contribution in [2.24, 2.45) is 5.92 Å². The molecule has 1 aliphatic heterocycles. The molecule has 0 bridgehead atoms. The molecule has 1 aromatic carbocycles. The first-order valence-electron chi connectivity index (χ1n) is 7.05. The number of methoxy groups -OCH3 is 1. The molecule has 0 saturated carbocycles. The molecule has 0 spiro atoms. The van der Waals surface area contributed by atoms with Crippen molar-refractivity contribution in [3.8, 4) is 17.2 Å². The number of rotatable bonds is 6. The van der Waals surface area contributed by atoms with Gasteiger partial charge in [-0.05, 0) is 30.2 Å². The van der Waals surface area contributed by atoms with Gasteiger partial charge in [-0.15, -0.1) is 0 Å². The van der Waals surface area contributed by atoms with Gasteiger partial charge in [0.05, 0.1) is 7.11 Å². The Morgan fingerprint density at radius 1 is 1.30 bits per heavy atom. The van der Waals surface area contributed by atoms with Gasteiger partial charge in [0, 0.05) is 6.54 Å². The van der Waals surface area contributed by atoms with Crippen LogP contribution in [0.2, 0.25) is 0 Å². The van der Waals surface area contributed by atoms with Crippen molar-refractivity contribution >= 4 is 6.08 Å². The Labute approximate surface area is 120 Å². The summed E-state index contributed by atoms with van der Waals surface area (Å²) in [5.41, 5.74) is 1.05. The molecule has 1 heterocycles. The number of fused-ring (bicyclic) bond motifs is 1. The van der Waals surface area contributed by atoms with E-state index in [0.717, 1.165) is 30.2 Å². The van der Waals surface area contributed by atoms with Gasteiger partial charge in [-0.1, -0.05) is 26.0 Å². The molecule has 20 heavy (non-hydrogen) atoms. The minimum Gasteiger partial charge on any atom is -0.493 e. The summed E-state index contributed by atoms with van der Waals surface area (Å²) in [5, 5.41) is 3.37. The van der Waals surface area contributed by atoms with Crippen molar-refractivity contribution in [3.05, 3.63) is 23.8 Å². The van der Waals surface area contributed by atoms with E-state index in [2.05, 4.69) is 31.3 Å². The maximum atomic E-state index is 5.61. The van der Waals surface area contributed by atoms with E-state index in [-0.39, 0.29) is 0 Å². The van der Waals surface area contributed by atoms with E-state index in [0.29, 0.717) is 24.9 Å². The van der Waals surface area contributed by atoms with Crippen molar-refractivity contribution in [2.45, 2.75) is 13.8 Å². The highest BCUT2D eigenvalue weighted by atomic mass is 16.6. The molecule has 110 valence electrons. The lowest BCUT2D eigenvalue weighted by atomic mass is 10.1. The van der Waals surface area contributed by atoms with E-state index in [1.165, 1.54) is 0 Å². The fraction of sp³-hybridized carbons (Fsp3) is 0.500. The molecule has 4 heteroatoms. The van der Waals surface area contributed by atoms with E-state index >= 15 is 0 Å². The molecule has 2 rings (SSSR count). The van der Waals surface area contributed by atoms with Crippen LogP contribution in [-0.4, -0.2) is 33.4 Å². The van der Waals surface area contributed by atoms with Gasteiger partial charge in [0.2, 0.25) is 5.75 Å². The molecule has 0 saturated heterocycles. The van der Waals surface area contributed by atoms with Crippen molar-refractivity contribution in [1.82, 2.24) is 5.32 Å². The average molecular weight is 277 g/mol. The smallest absolute Gasteiger partial charge is 0.203 e. The molecule has 4 nitrogen and oxygen atoms in total. The second kappa shape index (κ2) is 7.20. The van der Waals surface area contributed by atoms with E-state index < -0.39 is 0 Å². The number of nitrogens with one attached hydrogen (secondary N) is 1. The molecule has 0 amide bonds. The predicted octanol–water partition coefficient (Wildman–Crippen LogP) is 2.73. The summed E-state index contributed by atoms with van der Waals surface area (Å²) in [6.07, 6.45) is 4.17. The molecule has 0 aromatic heterocycles. The molecule has 0 unspecified atom stereocenters. The van der Waals surface area contributed by atoms with Gasteiger partial charge >= 0.3 is 0 Å². The van der Waals surface area contributed by atoms with E-state index in [9.17, 15) is 0 Å². The van der Waals surface area contributed by atoms with Crippen LogP contribution in [0, 0.1) is 5.92 Å². The van der Waals surface area contributed by atoms with Crippen LogP contribution in [0.1, 0.15) is 19.4 Å². The second-order valence-corrected chi connectivity index (χ2v) is 5.20. The highest BCUT2D eigenvalue weighted by molar-refractivity contribution is 5.62. The van der Waals surface area contributed by atoms with Gasteiger partial charge in [0.15, 0.2) is 11.5 Å². The monoisotopic (exact) mass is 277 g/mol. The van der Waals surface area contributed by atoms with Gasteiger partial charge in [0.25, 0.3) is 0 Å². The van der Waals surface area contributed by atoms with Gasteiger partial charge in [-0.2, -0.15) is 0 Å². The summed E-state index contributed by atoms with van der Waals surface area (Å²) in [5.74, 6) is 2.84. The Hall–Kier alpha value is -1.68. The number of benzene rings is 1. The van der Waals surface area contributed by atoms with Crippen LogP contribution in [0.15, 0.2) is 18.2 Å². The largest absolute Gasteiger partial charge is 0.493 e. The van der Waals surface area contributed by atoms with Gasteiger partial charge < -0.3 is 19.5 Å². The van der Waals surface area contributed by atoms with Crippen LogP contribution in [0.25, 0.3) is 6.08 Å². The molecular formula is C16H23NO3. The molecular weight excluding hydrogens is 254 g/mol. The maximum absolute atomic E-state index is 5.61. The van der Waals surface area contributed by atoms with Gasteiger partial charge in [-0.25, -0.2) is 0 Å². The highest BCUT2D eigenvalue weighted by Crippen LogP contribution is 2.40. The maximum Gasteiger partial charge on any atom is 0.203 e. The predicted molar refractivity (Wildman–Crippen MR) is 80.7 cm³/mol. The van der Waals surface area contributed by atoms with Crippen LogP contribution in [-0.2, 0) is 0 Å². The minimum absolute atomic E-state index is 0.567.